The number of carbonyl (C=O) groups excluding carboxylic acids is 2. The first-order valence-corrected chi connectivity index (χ1v) is 10.5. The van der Waals surface area contributed by atoms with Gasteiger partial charge >= 0.3 is 0 Å². The number of rotatable bonds is 4. The van der Waals surface area contributed by atoms with E-state index < -0.39 is 0 Å². The van der Waals surface area contributed by atoms with Crippen molar-refractivity contribution in [1.82, 2.24) is 19.7 Å². The molecule has 3 heterocycles. The van der Waals surface area contributed by atoms with Crippen LogP contribution in [0.15, 0.2) is 23.1 Å². The zero-order chi connectivity index (χ0) is 19.7. The quantitative estimate of drug-likeness (QED) is 0.837. The molecule has 0 bridgehead atoms. The van der Waals surface area contributed by atoms with Gasteiger partial charge in [-0.05, 0) is 51.1 Å². The maximum Gasteiger partial charge on any atom is 0.255 e. The molecule has 152 valence electrons. The van der Waals surface area contributed by atoms with Gasteiger partial charge in [-0.1, -0.05) is 0 Å². The van der Waals surface area contributed by atoms with Crippen LogP contribution in [0.3, 0.4) is 0 Å². The summed E-state index contributed by atoms with van der Waals surface area (Å²) >= 11 is 0. The number of aromatic nitrogens is 1. The maximum absolute atomic E-state index is 12.7. The summed E-state index contributed by atoms with van der Waals surface area (Å²) in [5.74, 6) is 0.337. The Hall–Kier alpha value is -2.15. The second kappa shape index (κ2) is 8.07. The van der Waals surface area contributed by atoms with E-state index >= 15 is 0 Å². The number of amides is 2. The van der Waals surface area contributed by atoms with Gasteiger partial charge in [0, 0.05) is 51.0 Å². The van der Waals surface area contributed by atoms with Crippen molar-refractivity contribution in [3.05, 3.63) is 34.2 Å². The summed E-state index contributed by atoms with van der Waals surface area (Å²) in [6.45, 7) is 3.34. The molecule has 2 aliphatic heterocycles. The van der Waals surface area contributed by atoms with Crippen LogP contribution in [0, 0.1) is 5.92 Å². The predicted molar refractivity (Wildman–Crippen MR) is 106 cm³/mol. The van der Waals surface area contributed by atoms with Crippen LogP contribution in [0.5, 0.6) is 0 Å². The van der Waals surface area contributed by atoms with E-state index in [-0.39, 0.29) is 23.3 Å². The molecule has 1 atom stereocenters. The summed E-state index contributed by atoms with van der Waals surface area (Å²) < 4.78 is 1.44. The minimum Gasteiger partial charge on any atom is -0.353 e. The Bertz CT molecular complexity index is 793. The Labute approximate surface area is 165 Å². The van der Waals surface area contributed by atoms with Crippen molar-refractivity contribution in [3.8, 4) is 0 Å². The van der Waals surface area contributed by atoms with Gasteiger partial charge in [0.15, 0.2) is 0 Å². The number of nitrogens with zero attached hydrogens (tertiary/aromatic N) is 3. The minimum atomic E-state index is -0.111. The highest BCUT2D eigenvalue weighted by Gasteiger charge is 2.34. The fourth-order valence-corrected chi connectivity index (χ4v) is 4.44. The van der Waals surface area contributed by atoms with E-state index in [9.17, 15) is 14.4 Å². The average Bonchev–Trinajstić information content (AvgIpc) is 3.54. The van der Waals surface area contributed by atoms with Crippen LogP contribution in [0.4, 0.5) is 0 Å². The highest BCUT2D eigenvalue weighted by molar-refractivity contribution is 5.94. The minimum absolute atomic E-state index is 0.00520. The third-order valence-corrected chi connectivity index (χ3v) is 6.35. The molecule has 1 N–H and O–H groups in total. The third-order valence-electron chi connectivity index (χ3n) is 6.35. The lowest BCUT2D eigenvalue weighted by Gasteiger charge is -2.42. The van der Waals surface area contributed by atoms with Crippen molar-refractivity contribution < 1.29 is 9.59 Å². The summed E-state index contributed by atoms with van der Waals surface area (Å²) in [5, 5.41) is 3.15. The first kappa shape index (κ1) is 19.2. The van der Waals surface area contributed by atoms with Gasteiger partial charge in [0.2, 0.25) is 11.5 Å². The Morgan fingerprint density at radius 2 is 1.79 bits per heavy atom. The largest absolute Gasteiger partial charge is 0.353 e. The standard InChI is InChI=1S/C21H30N4O3/c1-23-13-16(4-7-19(23)26)21(28)24-11-8-18(9-12-24)25-10-2-3-15(14-25)20(27)22-17-5-6-17/h4,7,13,15,17-18H,2-3,5-6,8-12,14H2,1H3,(H,22,27)/t15-/m0/s1. The van der Waals surface area contributed by atoms with Gasteiger partial charge in [0.05, 0.1) is 11.5 Å². The molecule has 0 spiro atoms. The second-order valence-electron chi connectivity index (χ2n) is 8.51. The molecule has 1 aromatic heterocycles. The van der Waals surface area contributed by atoms with E-state index in [0.717, 1.165) is 64.7 Å². The molecule has 3 aliphatic rings. The summed E-state index contributed by atoms with van der Waals surface area (Å²) in [6.07, 6.45) is 7.81. The lowest BCUT2D eigenvalue weighted by atomic mass is 9.93. The van der Waals surface area contributed by atoms with Crippen LogP contribution in [0.2, 0.25) is 0 Å². The maximum atomic E-state index is 12.7. The van der Waals surface area contributed by atoms with E-state index in [4.69, 9.17) is 0 Å². The third kappa shape index (κ3) is 4.29. The number of aryl methyl sites for hydroxylation is 1. The predicted octanol–water partition coefficient (Wildman–Crippen LogP) is 0.981. The lowest BCUT2D eigenvalue weighted by molar-refractivity contribution is -0.127. The van der Waals surface area contributed by atoms with E-state index in [1.807, 2.05) is 4.90 Å². The Morgan fingerprint density at radius 1 is 1.04 bits per heavy atom. The van der Waals surface area contributed by atoms with Crippen molar-refractivity contribution in [2.45, 2.75) is 50.6 Å². The zero-order valence-corrected chi connectivity index (χ0v) is 16.6. The molecule has 0 aromatic carbocycles. The molecule has 1 aliphatic carbocycles. The molecule has 28 heavy (non-hydrogen) atoms. The molecular formula is C21H30N4O3. The summed E-state index contributed by atoms with van der Waals surface area (Å²) in [7, 11) is 1.66. The summed E-state index contributed by atoms with van der Waals surface area (Å²) in [6, 6.07) is 3.93. The van der Waals surface area contributed by atoms with Crippen LogP contribution in [0.1, 0.15) is 48.9 Å². The van der Waals surface area contributed by atoms with E-state index in [1.54, 1.807) is 19.3 Å². The molecule has 7 heteroatoms. The smallest absolute Gasteiger partial charge is 0.255 e. The Morgan fingerprint density at radius 3 is 2.46 bits per heavy atom. The van der Waals surface area contributed by atoms with Gasteiger partial charge in [-0.2, -0.15) is 0 Å². The molecule has 0 unspecified atom stereocenters. The number of carbonyl (C=O) groups is 2. The molecule has 3 fully saturated rings. The van der Waals surface area contributed by atoms with Crippen molar-refractivity contribution in [3.63, 3.8) is 0 Å². The van der Waals surface area contributed by atoms with Gasteiger partial charge in [0.1, 0.15) is 0 Å². The van der Waals surface area contributed by atoms with Gasteiger partial charge in [-0.3, -0.25) is 19.3 Å². The number of piperidine rings is 2. The van der Waals surface area contributed by atoms with Crippen molar-refractivity contribution in [1.29, 1.82) is 0 Å². The molecule has 2 saturated heterocycles. The topological polar surface area (TPSA) is 74.7 Å². The van der Waals surface area contributed by atoms with Crippen LogP contribution >= 0.6 is 0 Å². The van der Waals surface area contributed by atoms with Crippen LogP contribution < -0.4 is 10.9 Å². The van der Waals surface area contributed by atoms with Crippen molar-refractivity contribution in [2.75, 3.05) is 26.2 Å². The van der Waals surface area contributed by atoms with Gasteiger partial charge in [0.25, 0.3) is 5.91 Å². The van der Waals surface area contributed by atoms with Crippen LogP contribution in [-0.2, 0) is 11.8 Å². The fraction of sp³-hybridized carbons (Fsp3) is 0.667. The molecule has 7 nitrogen and oxygen atoms in total. The molecule has 4 rings (SSSR count). The molecule has 0 radical (unpaired) electrons. The monoisotopic (exact) mass is 386 g/mol. The van der Waals surface area contributed by atoms with Crippen LogP contribution in [0.25, 0.3) is 0 Å². The van der Waals surface area contributed by atoms with Gasteiger partial charge in [-0.15, -0.1) is 0 Å². The average molecular weight is 386 g/mol. The fourth-order valence-electron chi connectivity index (χ4n) is 4.44. The highest BCUT2D eigenvalue weighted by Crippen LogP contribution is 2.26. The Balaban J connectivity index is 1.30. The summed E-state index contributed by atoms with van der Waals surface area (Å²) in [5.41, 5.74) is 0.455. The lowest BCUT2D eigenvalue weighted by Crippen LogP contribution is -2.51. The molecule has 1 saturated carbocycles. The number of pyridine rings is 1. The van der Waals surface area contributed by atoms with E-state index in [0.29, 0.717) is 17.6 Å². The second-order valence-corrected chi connectivity index (χ2v) is 8.51. The van der Waals surface area contributed by atoms with Gasteiger partial charge in [-0.25, -0.2) is 0 Å². The number of nitrogens with one attached hydrogen (secondary N) is 1. The Kier molecular flexibility index (Phi) is 5.53. The van der Waals surface area contributed by atoms with Crippen LogP contribution in [-0.4, -0.2) is 64.4 Å². The molecular weight excluding hydrogens is 356 g/mol. The van der Waals surface area contributed by atoms with Gasteiger partial charge < -0.3 is 14.8 Å². The van der Waals surface area contributed by atoms with E-state index in [2.05, 4.69) is 10.2 Å². The molecule has 2 amide bonds. The summed E-state index contributed by atoms with van der Waals surface area (Å²) in [4.78, 5) is 41.0. The number of hydrogen-bond acceptors (Lipinski definition) is 4. The number of hydrogen-bond donors (Lipinski definition) is 1. The van der Waals surface area contributed by atoms with Crippen molar-refractivity contribution >= 4 is 11.8 Å². The zero-order valence-electron chi connectivity index (χ0n) is 16.6. The van der Waals surface area contributed by atoms with Crippen molar-refractivity contribution in [2.24, 2.45) is 13.0 Å². The first-order valence-electron chi connectivity index (χ1n) is 10.5. The SMILES string of the molecule is Cn1cc(C(=O)N2CCC(N3CCC[C@H](C(=O)NC4CC4)C3)CC2)ccc1=O. The van der Waals surface area contributed by atoms with E-state index in [1.165, 1.54) is 10.6 Å². The molecule has 1 aromatic rings. The number of likely N-dealkylation sites (tertiary alicyclic amines) is 2. The highest BCUT2D eigenvalue weighted by atomic mass is 16.2. The normalized spacial score (nSPS) is 24.2. The first-order chi connectivity index (χ1) is 13.5.